The molecule has 1 aromatic rings. The first-order valence-corrected chi connectivity index (χ1v) is 5.28. The van der Waals surface area contributed by atoms with Gasteiger partial charge in [0.25, 0.3) is 0 Å². The summed E-state index contributed by atoms with van der Waals surface area (Å²) in [6, 6.07) is 4.40. The second-order valence-corrected chi connectivity index (χ2v) is 4.34. The van der Waals surface area contributed by atoms with Gasteiger partial charge in [0, 0.05) is 5.02 Å². The molecule has 0 N–H and O–H groups in total. The van der Waals surface area contributed by atoms with Gasteiger partial charge in [0.2, 0.25) is 0 Å². The van der Waals surface area contributed by atoms with E-state index in [1.54, 1.807) is 6.07 Å². The van der Waals surface area contributed by atoms with Crippen LogP contribution in [0.4, 0.5) is 4.39 Å². The van der Waals surface area contributed by atoms with Crippen molar-refractivity contribution in [3.8, 4) is 0 Å². The summed E-state index contributed by atoms with van der Waals surface area (Å²) in [5, 5.41) is 0.646. The summed E-state index contributed by atoms with van der Waals surface area (Å²) in [5.74, 6) is -0.261. The molecule has 0 aliphatic heterocycles. The Bertz CT molecular complexity index is 385. The fraction of sp³-hybridized carbons (Fsp3) is 0.273. The number of hydrogen-bond acceptors (Lipinski definition) is 0. The molecule has 0 amide bonds. The van der Waals surface area contributed by atoms with E-state index in [0.29, 0.717) is 5.02 Å². The molecule has 0 aromatic heterocycles. The van der Waals surface area contributed by atoms with Gasteiger partial charge >= 0.3 is 0 Å². The van der Waals surface area contributed by atoms with E-state index < -0.39 is 0 Å². The van der Waals surface area contributed by atoms with Crippen molar-refractivity contribution in [1.29, 1.82) is 0 Å². The highest BCUT2D eigenvalue weighted by Gasteiger charge is 2.16. The molecule has 0 radical (unpaired) electrons. The van der Waals surface area contributed by atoms with Crippen LogP contribution in [0.1, 0.15) is 18.4 Å². The molecule has 1 aliphatic rings. The van der Waals surface area contributed by atoms with Gasteiger partial charge in [-0.2, -0.15) is 0 Å². The van der Waals surface area contributed by atoms with Gasteiger partial charge in [-0.3, -0.25) is 0 Å². The second kappa shape index (κ2) is 3.92. The Morgan fingerprint density at radius 1 is 1.36 bits per heavy atom. The van der Waals surface area contributed by atoms with Gasteiger partial charge in [0.05, 0.1) is 5.38 Å². The SMILES string of the molecule is Fc1ccc(Cl)c(C2=CC(Cl)CC2)c1. The Hall–Kier alpha value is -0.530. The molecule has 0 nitrogen and oxygen atoms in total. The molecule has 1 atom stereocenters. The van der Waals surface area contributed by atoms with Crippen molar-refractivity contribution < 1.29 is 4.39 Å². The van der Waals surface area contributed by atoms with E-state index in [-0.39, 0.29) is 11.2 Å². The molecular formula is C11H9Cl2F. The minimum absolute atomic E-state index is 0.0596. The summed E-state index contributed by atoms with van der Waals surface area (Å²) in [6.07, 6.45) is 3.73. The largest absolute Gasteiger partial charge is 0.207 e. The van der Waals surface area contributed by atoms with E-state index >= 15 is 0 Å². The molecule has 3 heteroatoms. The maximum Gasteiger partial charge on any atom is 0.123 e. The zero-order valence-electron chi connectivity index (χ0n) is 7.43. The van der Waals surface area contributed by atoms with E-state index in [4.69, 9.17) is 23.2 Å². The van der Waals surface area contributed by atoms with Gasteiger partial charge < -0.3 is 0 Å². The van der Waals surface area contributed by atoms with Gasteiger partial charge in [-0.25, -0.2) is 4.39 Å². The minimum Gasteiger partial charge on any atom is -0.207 e. The van der Waals surface area contributed by atoms with Crippen LogP contribution in [0.15, 0.2) is 24.3 Å². The molecule has 0 saturated heterocycles. The average Bonchev–Trinajstić information content (AvgIpc) is 2.56. The molecule has 0 saturated carbocycles. The lowest BCUT2D eigenvalue weighted by molar-refractivity contribution is 0.627. The van der Waals surface area contributed by atoms with E-state index in [2.05, 4.69) is 0 Å². The van der Waals surface area contributed by atoms with Crippen LogP contribution in [0, 0.1) is 5.82 Å². The van der Waals surface area contributed by atoms with Crippen LogP contribution >= 0.6 is 23.2 Å². The molecular weight excluding hydrogens is 222 g/mol. The number of alkyl halides is 1. The first kappa shape index (κ1) is 10.0. The molecule has 0 spiro atoms. The third-order valence-corrected chi connectivity index (χ3v) is 3.02. The minimum atomic E-state index is -0.261. The van der Waals surface area contributed by atoms with Gasteiger partial charge in [-0.05, 0) is 42.2 Å². The molecule has 0 bridgehead atoms. The normalized spacial score (nSPS) is 21.1. The maximum atomic E-state index is 13.0. The zero-order valence-corrected chi connectivity index (χ0v) is 8.95. The maximum absolute atomic E-state index is 13.0. The Kier molecular flexibility index (Phi) is 2.80. The number of benzene rings is 1. The van der Waals surface area contributed by atoms with Crippen molar-refractivity contribution >= 4 is 28.8 Å². The molecule has 1 aromatic carbocycles. The standard InChI is InChI=1S/C11H9Cl2F/c12-8-2-1-7(5-8)10-6-9(14)3-4-11(10)13/h3-6,8H,1-2H2. The van der Waals surface area contributed by atoms with Gasteiger partial charge in [0.15, 0.2) is 0 Å². The van der Waals surface area contributed by atoms with Gasteiger partial charge in [0.1, 0.15) is 5.82 Å². The summed E-state index contributed by atoms with van der Waals surface area (Å²) >= 11 is 11.9. The fourth-order valence-electron chi connectivity index (χ4n) is 1.65. The number of hydrogen-bond donors (Lipinski definition) is 0. The summed E-state index contributed by atoms with van der Waals surface area (Å²) in [4.78, 5) is 0. The first-order valence-electron chi connectivity index (χ1n) is 4.47. The molecule has 0 heterocycles. The lowest BCUT2D eigenvalue weighted by Crippen LogP contribution is -1.84. The highest BCUT2D eigenvalue weighted by atomic mass is 35.5. The number of allylic oxidation sites excluding steroid dienone is 2. The van der Waals surface area contributed by atoms with Crippen LogP contribution in [-0.4, -0.2) is 5.38 Å². The fourth-order valence-corrected chi connectivity index (χ4v) is 2.15. The third kappa shape index (κ3) is 1.94. The second-order valence-electron chi connectivity index (χ2n) is 3.37. The van der Waals surface area contributed by atoms with E-state index in [9.17, 15) is 4.39 Å². The lowest BCUT2D eigenvalue weighted by atomic mass is 10.1. The Morgan fingerprint density at radius 2 is 2.14 bits per heavy atom. The van der Waals surface area contributed by atoms with Crippen LogP contribution in [0.3, 0.4) is 0 Å². The van der Waals surface area contributed by atoms with Crippen molar-refractivity contribution in [3.63, 3.8) is 0 Å². The highest BCUT2D eigenvalue weighted by Crippen LogP contribution is 2.34. The van der Waals surface area contributed by atoms with Crippen molar-refractivity contribution in [2.24, 2.45) is 0 Å². The Labute approximate surface area is 92.3 Å². The van der Waals surface area contributed by atoms with E-state index in [1.807, 2.05) is 6.08 Å². The molecule has 1 unspecified atom stereocenters. The Morgan fingerprint density at radius 3 is 2.79 bits per heavy atom. The summed E-state index contributed by atoms with van der Waals surface area (Å²) in [7, 11) is 0. The first-order chi connectivity index (χ1) is 6.66. The topological polar surface area (TPSA) is 0 Å². The quantitative estimate of drug-likeness (QED) is 0.633. The average molecular weight is 231 g/mol. The predicted molar refractivity (Wildman–Crippen MR) is 58.3 cm³/mol. The molecule has 74 valence electrons. The van der Waals surface area contributed by atoms with Crippen LogP contribution in [0.25, 0.3) is 5.57 Å². The number of rotatable bonds is 1. The lowest BCUT2D eigenvalue weighted by Gasteiger charge is -2.04. The van der Waals surface area contributed by atoms with Crippen LogP contribution in [-0.2, 0) is 0 Å². The third-order valence-electron chi connectivity index (χ3n) is 2.35. The molecule has 14 heavy (non-hydrogen) atoms. The van der Waals surface area contributed by atoms with Gasteiger partial charge in [-0.15, -0.1) is 11.6 Å². The van der Waals surface area contributed by atoms with Crippen molar-refractivity contribution in [3.05, 3.63) is 40.7 Å². The zero-order chi connectivity index (χ0) is 10.1. The van der Waals surface area contributed by atoms with Crippen molar-refractivity contribution in [2.45, 2.75) is 18.2 Å². The monoisotopic (exact) mass is 230 g/mol. The van der Waals surface area contributed by atoms with Crippen LogP contribution < -0.4 is 0 Å². The smallest absolute Gasteiger partial charge is 0.123 e. The van der Waals surface area contributed by atoms with Gasteiger partial charge in [-0.1, -0.05) is 17.7 Å². The molecule has 1 aliphatic carbocycles. The van der Waals surface area contributed by atoms with Crippen molar-refractivity contribution in [1.82, 2.24) is 0 Å². The summed E-state index contributed by atoms with van der Waals surface area (Å²) in [5.41, 5.74) is 1.82. The molecule has 2 rings (SSSR count). The van der Waals surface area contributed by atoms with E-state index in [1.165, 1.54) is 12.1 Å². The van der Waals surface area contributed by atoms with Crippen LogP contribution in [0.5, 0.6) is 0 Å². The van der Waals surface area contributed by atoms with Crippen molar-refractivity contribution in [2.75, 3.05) is 0 Å². The highest BCUT2D eigenvalue weighted by molar-refractivity contribution is 6.32. The Balaban J connectivity index is 2.41. The van der Waals surface area contributed by atoms with E-state index in [0.717, 1.165) is 24.0 Å². The summed E-state index contributed by atoms with van der Waals surface area (Å²) < 4.78 is 13.0. The predicted octanol–water partition coefficient (Wildman–Crippen LogP) is 4.26. The number of halogens is 3. The molecule has 0 fully saturated rings. The van der Waals surface area contributed by atoms with Crippen LogP contribution in [0.2, 0.25) is 5.02 Å². The summed E-state index contributed by atoms with van der Waals surface area (Å²) in [6.45, 7) is 0.